The molecule has 1 aromatic carbocycles. The van der Waals surface area contributed by atoms with Crippen molar-refractivity contribution in [2.24, 2.45) is 0 Å². The molecule has 28 heavy (non-hydrogen) atoms. The molecule has 0 unspecified atom stereocenters. The molecule has 150 valence electrons. The van der Waals surface area contributed by atoms with Crippen LogP contribution in [0.25, 0.3) is 0 Å². The molecule has 6 heteroatoms. The molecule has 2 aliphatic rings. The second-order valence-corrected chi connectivity index (χ2v) is 8.82. The zero-order valence-corrected chi connectivity index (χ0v) is 17.8. The largest absolute Gasteiger partial charge is 0.376 e. The molecule has 0 radical (unpaired) electrons. The van der Waals surface area contributed by atoms with Gasteiger partial charge in [-0.3, -0.25) is 4.79 Å². The van der Waals surface area contributed by atoms with E-state index in [-0.39, 0.29) is 18.1 Å². The first kappa shape index (κ1) is 19.5. The normalized spacial score (nSPS) is 21.8. The van der Waals surface area contributed by atoms with Gasteiger partial charge in [0.1, 0.15) is 0 Å². The van der Waals surface area contributed by atoms with Crippen LogP contribution >= 0.6 is 11.8 Å². The first-order chi connectivity index (χ1) is 13.5. The number of imidazole rings is 1. The number of aromatic nitrogens is 2. The number of para-hydroxylation sites is 1. The summed E-state index contributed by atoms with van der Waals surface area (Å²) < 4.78 is 8.05. The number of nitrogens with zero attached hydrogens (tertiary/aromatic N) is 3. The number of hydrogen-bond acceptors (Lipinski definition) is 4. The topological polar surface area (TPSA) is 47.4 Å². The summed E-state index contributed by atoms with van der Waals surface area (Å²) in [6.07, 6.45) is 4.54. The van der Waals surface area contributed by atoms with Gasteiger partial charge in [0.2, 0.25) is 5.91 Å². The second kappa shape index (κ2) is 8.29. The average Bonchev–Trinajstić information content (AvgIpc) is 3.30. The van der Waals surface area contributed by atoms with Gasteiger partial charge >= 0.3 is 0 Å². The van der Waals surface area contributed by atoms with Crippen LogP contribution in [-0.4, -0.2) is 40.0 Å². The zero-order chi connectivity index (χ0) is 19.7. The van der Waals surface area contributed by atoms with E-state index in [0.717, 1.165) is 55.4 Å². The molecule has 2 aromatic rings. The molecule has 1 aromatic heterocycles. The third-order valence-corrected chi connectivity index (χ3v) is 6.91. The molecule has 3 heterocycles. The minimum absolute atomic E-state index is 0.159. The molecular formula is C22H29N3O2S. The van der Waals surface area contributed by atoms with Gasteiger partial charge in [-0.25, -0.2) is 4.98 Å². The van der Waals surface area contributed by atoms with Crippen LogP contribution < -0.4 is 4.90 Å². The van der Waals surface area contributed by atoms with Crippen LogP contribution in [-0.2, 0) is 22.5 Å². The standard InChI is InChI=1S/C22H29N3O2S/c1-15-10-11-18-7-4-5-9-20(18)25(15)21(26)14-28-22-23-16(2)17(3)24(22)13-19-8-6-12-27-19/h4-5,7,9,15,19H,6,8,10-14H2,1-3H3/t15-,19+/m1/s1. The van der Waals surface area contributed by atoms with Gasteiger partial charge in [0.15, 0.2) is 5.16 Å². The summed E-state index contributed by atoms with van der Waals surface area (Å²) in [4.78, 5) is 19.9. The highest BCUT2D eigenvalue weighted by molar-refractivity contribution is 7.99. The van der Waals surface area contributed by atoms with Crippen molar-refractivity contribution in [3.63, 3.8) is 0 Å². The van der Waals surface area contributed by atoms with E-state index in [0.29, 0.717) is 5.75 Å². The maximum absolute atomic E-state index is 13.1. The highest BCUT2D eigenvalue weighted by atomic mass is 32.2. The van der Waals surface area contributed by atoms with Crippen LogP contribution in [0.5, 0.6) is 0 Å². The van der Waals surface area contributed by atoms with Crippen LogP contribution in [0.3, 0.4) is 0 Å². The summed E-state index contributed by atoms with van der Waals surface area (Å²) in [6, 6.07) is 8.51. The summed E-state index contributed by atoms with van der Waals surface area (Å²) in [5, 5.41) is 0.928. The number of ether oxygens (including phenoxy) is 1. The van der Waals surface area contributed by atoms with Crippen LogP contribution in [0, 0.1) is 13.8 Å². The van der Waals surface area contributed by atoms with E-state index in [1.54, 1.807) is 11.8 Å². The van der Waals surface area contributed by atoms with Gasteiger partial charge in [-0.2, -0.15) is 0 Å². The highest BCUT2D eigenvalue weighted by Crippen LogP contribution is 2.32. The third kappa shape index (κ3) is 3.85. The Hall–Kier alpha value is -1.79. The molecular weight excluding hydrogens is 370 g/mol. The number of fused-ring (bicyclic) bond motifs is 1. The van der Waals surface area contributed by atoms with Gasteiger partial charge in [-0.15, -0.1) is 0 Å². The van der Waals surface area contributed by atoms with E-state index < -0.39 is 0 Å². The number of amides is 1. The Morgan fingerprint density at radius 1 is 1.29 bits per heavy atom. The highest BCUT2D eigenvalue weighted by Gasteiger charge is 2.28. The van der Waals surface area contributed by atoms with E-state index in [2.05, 4.69) is 36.6 Å². The molecule has 4 rings (SSSR count). The van der Waals surface area contributed by atoms with Crippen molar-refractivity contribution in [1.82, 2.24) is 9.55 Å². The van der Waals surface area contributed by atoms with Crippen LogP contribution in [0.15, 0.2) is 29.4 Å². The van der Waals surface area contributed by atoms with Gasteiger partial charge < -0.3 is 14.2 Å². The summed E-state index contributed by atoms with van der Waals surface area (Å²) in [6.45, 7) is 7.96. The Morgan fingerprint density at radius 2 is 2.11 bits per heavy atom. The van der Waals surface area contributed by atoms with Crippen molar-refractivity contribution in [3.05, 3.63) is 41.2 Å². The number of hydrogen-bond donors (Lipinski definition) is 0. The lowest BCUT2D eigenvalue weighted by molar-refractivity contribution is -0.116. The Kier molecular flexibility index (Phi) is 5.78. The Morgan fingerprint density at radius 3 is 2.89 bits per heavy atom. The van der Waals surface area contributed by atoms with E-state index in [9.17, 15) is 4.79 Å². The Labute approximate surface area is 171 Å². The number of carbonyl (C=O) groups excluding carboxylic acids is 1. The fourth-order valence-corrected chi connectivity index (χ4v) is 5.17. The zero-order valence-electron chi connectivity index (χ0n) is 17.0. The molecule has 2 atom stereocenters. The van der Waals surface area contributed by atoms with Gasteiger partial charge in [0.25, 0.3) is 0 Å². The lowest BCUT2D eigenvalue weighted by Gasteiger charge is -2.35. The molecule has 1 amide bonds. The molecule has 5 nitrogen and oxygen atoms in total. The maximum atomic E-state index is 13.1. The first-order valence-electron chi connectivity index (χ1n) is 10.2. The van der Waals surface area contributed by atoms with E-state index in [1.807, 2.05) is 17.9 Å². The summed E-state index contributed by atoms with van der Waals surface area (Å²) >= 11 is 1.55. The lowest BCUT2D eigenvalue weighted by atomic mass is 9.97. The quantitative estimate of drug-likeness (QED) is 0.709. The van der Waals surface area contributed by atoms with Crippen molar-refractivity contribution < 1.29 is 9.53 Å². The maximum Gasteiger partial charge on any atom is 0.237 e. The average molecular weight is 400 g/mol. The monoisotopic (exact) mass is 399 g/mol. The fourth-order valence-electron chi connectivity index (χ4n) is 4.20. The van der Waals surface area contributed by atoms with Gasteiger partial charge in [-0.05, 0) is 58.1 Å². The number of benzene rings is 1. The SMILES string of the molecule is Cc1nc(SCC(=O)N2c3ccccc3CC[C@H]2C)n(C[C@@H]2CCCO2)c1C. The predicted octanol–water partition coefficient (Wildman–Crippen LogP) is 4.14. The minimum Gasteiger partial charge on any atom is -0.376 e. The fraction of sp³-hybridized carbons (Fsp3) is 0.545. The van der Waals surface area contributed by atoms with Crippen LogP contribution in [0.2, 0.25) is 0 Å². The number of anilines is 1. The van der Waals surface area contributed by atoms with Gasteiger partial charge in [0, 0.05) is 24.0 Å². The van der Waals surface area contributed by atoms with Gasteiger partial charge in [-0.1, -0.05) is 30.0 Å². The predicted molar refractivity (Wildman–Crippen MR) is 113 cm³/mol. The number of thioether (sulfide) groups is 1. The first-order valence-corrected chi connectivity index (χ1v) is 11.2. The summed E-state index contributed by atoms with van der Waals surface area (Å²) in [5.41, 5.74) is 4.54. The van der Waals surface area contributed by atoms with Crippen molar-refractivity contribution in [2.75, 3.05) is 17.3 Å². The molecule has 1 saturated heterocycles. The minimum atomic E-state index is 0.159. The van der Waals surface area contributed by atoms with E-state index in [4.69, 9.17) is 9.72 Å². The summed E-state index contributed by atoms with van der Waals surface area (Å²) in [7, 11) is 0. The molecule has 1 fully saturated rings. The van der Waals surface area contributed by atoms with Crippen molar-refractivity contribution in [2.45, 2.75) is 70.3 Å². The van der Waals surface area contributed by atoms with Gasteiger partial charge in [0.05, 0.1) is 24.1 Å². The molecule has 0 N–H and O–H groups in total. The smallest absolute Gasteiger partial charge is 0.237 e. The Bertz CT molecular complexity index is 857. The van der Waals surface area contributed by atoms with Crippen molar-refractivity contribution in [1.29, 1.82) is 0 Å². The van der Waals surface area contributed by atoms with Crippen molar-refractivity contribution >= 4 is 23.4 Å². The second-order valence-electron chi connectivity index (χ2n) is 7.88. The molecule has 0 spiro atoms. The van der Waals surface area contributed by atoms with Crippen LogP contribution in [0.1, 0.15) is 43.1 Å². The third-order valence-electron chi connectivity index (χ3n) is 5.95. The van der Waals surface area contributed by atoms with Crippen molar-refractivity contribution in [3.8, 4) is 0 Å². The molecule has 0 aliphatic carbocycles. The lowest BCUT2D eigenvalue weighted by Crippen LogP contribution is -2.43. The van der Waals surface area contributed by atoms with E-state index >= 15 is 0 Å². The number of carbonyl (C=O) groups is 1. The van der Waals surface area contributed by atoms with E-state index in [1.165, 1.54) is 11.3 Å². The Balaban J connectivity index is 1.49. The number of aryl methyl sites for hydroxylation is 2. The molecule has 2 aliphatic heterocycles. The molecule has 0 bridgehead atoms. The summed E-state index contributed by atoms with van der Waals surface area (Å²) in [5.74, 6) is 0.562. The molecule has 0 saturated carbocycles. The van der Waals surface area contributed by atoms with Crippen LogP contribution in [0.4, 0.5) is 5.69 Å². The number of rotatable bonds is 5.